The maximum absolute atomic E-state index is 12.0. The van der Waals surface area contributed by atoms with Gasteiger partial charge in [-0.1, -0.05) is 30.3 Å². The van der Waals surface area contributed by atoms with Gasteiger partial charge >= 0.3 is 0 Å². The number of hydrogen-bond donors (Lipinski definition) is 3. The summed E-state index contributed by atoms with van der Waals surface area (Å²) in [7, 11) is 0. The maximum Gasteiger partial charge on any atom is 0.300 e. The Morgan fingerprint density at radius 3 is 2.62 bits per heavy atom. The lowest BCUT2D eigenvalue weighted by atomic mass is 10.1. The van der Waals surface area contributed by atoms with Gasteiger partial charge in [0.15, 0.2) is 5.89 Å². The number of rotatable bonds is 4. The second-order valence-corrected chi connectivity index (χ2v) is 5.96. The van der Waals surface area contributed by atoms with E-state index in [1.807, 2.05) is 30.3 Å². The number of hydrogen-bond acceptors (Lipinski definition) is 6. The van der Waals surface area contributed by atoms with Crippen LogP contribution in [0.1, 0.15) is 29.8 Å². The topological polar surface area (TPSA) is 130 Å². The van der Waals surface area contributed by atoms with Gasteiger partial charge in [0.2, 0.25) is 5.91 Å². The van der Waals surface area contributed by atoms with Crippen molar-refractivity contribution in [3.05, 3.63) is 53.2 Å². The molecular formula is C18H23N3O5. The van der Waals surface area contributed by atoms with E-state index >= 15 is 0 Å². The van der Waals surface area contributed by atoms with E-state index < -0.39 is 12.0 Å². The molecule has 26 heavy (non-hydrogen) atoms. The average Bonchev–Trinajstić information content (AvgIpc) is 3.02. The highest BCUT2D eigenvalue weighted by molar-refractivity contribution is 5.81. The molecule has 0 aliphatic carbocycles. The molecule has 0 saturated carbocycles. The van der Waals surface area contributed by atoms with Crippen LogP contribution in [0.15, 0.2) is 34.7 Å². The number of amides is 1. The van der Waals surface area contributed by atoms with E-state index in [9.17, 15) is 4.79 Å². The Morgan fingerprint density at radius 2 is 2.00 bits per heavy atom. The third kappa shape index (κ3) is 5.40. The zero-order valence-electron chi connectivity index (χ0n) is 14.6. The summed E-state index contributed by atoms with van der Waals surface area (Å²) >= 11 is 0. The number of aliphatic carboxylic acids is 1. The number of aliphatic hydroxyl groups excluding tert-OH is 1. The number of carbonyl (C=O) groups is 2. The van der Waals surface area contributed by atoms with Crippen LogP contribution in [0.3, 0.4) is 0 Å². The molecule has 1 atom stereocenters. The summed E-state index contributed by atoms with van der Waals surface area (Å²) in [5.74, 6) is 0.422. The number of carbonyl (C=O) groups excluding carboxylic acids is 1. The third-order valence-corrected chi connectivity index (χ3v) is 3.80. The molecule has 1 amide bonds. The van der Waals surface area contributed by atoms with Gasteiger partial charge in [0.05, 0.1) is 13.2 Å². The van der Waals surface area contributed by atoms with Crippen molar-refractivity contribution < 1.29 is 24.2 Å². The predicted octanol–water partition coefficient (Wildman–Crippen LogP) is 0.561. The van der Waals surface area contributed by atoms with Crippen LogP contribution in [-0.4, -0.2) is 51.2 Å². The Kier molecular flexibility index (Phi) is 6.88. The fourth-order valence-electron chi connectivity index (χ4n) is 2.60. The number of oxazole rings is 1. The van der Waals surface area contributed by atoms with Gasteiger partial charge in [-0.05, 0) is 5.56 Å². The van der Waals surface area contributed by atoms with Crippen LogP contribution in [0.5, 0.6) is 0 Å². The number of carboxylic acid groups (broad SMARTS) is 1. The second-order valence-electron chi connectivity index (χ2n) is 5.96. The van der Waals surface area contributed by atoms with E-state index in [4.69, 9.17) is 25.2 Å². The molecule has 8 heteroatoms. The summed E-state index contributed by atoms with van der Waals surface area (Å²) in [5, 5.41) is 16.4. The maximum atomic E-state index is 12.0. The van der Waals surface area contributed by atoms with Crippen molar-refractivity contribution in [2.24, 2.45) is 5.73 Å². The van der Waals surface area contributed by atoms with Gasteiger partial charge in [0.25, 0.3) is 5.97 Å². The van der Waals surface area contributed by atoms with E-state index in [1.54, 1.807) is 4.90 Å². The molecule has 0 unspecified atom stereocenters. The number of carboxylic acids is 1. The third-order valence-electron chi connectivity index (χ3n) is 3.80. The minimum absolute atomic E-state index is 0.249. The Labute approximate surface area is 151 Å². The quantitative estimate of drug-likeness (QED) is 0.725. The van der Waals surface area contributed by atoms with Gasteiger partial charge in [-0.25, -0.2) is 4.98 Å². The van der Waals surface area contributed by atoms with Crippen LogP contribution < -0.4 is 5.73 Å². The van der Waals surface area contributed by atoms with Crippen LogP contribution in [-0.2, 0) is 29.0 Å². The van der Waals surface area contributed by atoms with E-state index in [0.29, 0.717) is 31.8 Å². The molecule has 3 rings (SSSR count). The molecule has 0 saturated heterocycles. The van der Waals surface area contributed by atoms with E-state index in [-0.39, 0.29) is 12.5 Å². The molecular weight excluding hydrogens is 338 g/mol. The lowest BCUT2D eigenvalue weighted by Crippen LogP contribution is -2.47. The summed E-state index contributed by atoms with van der Waals surface area (Å²) in [6.07, 6.45) is 1.26. The molecule has 0 radical (unpaired) electrons. The van der Waals surface area contributed by atoms with E-state index in [1.165, 1.54) is 0 Å². The van der Waals surface area contributed by atoms with Crippen molar-refractivity contribution in [1.82, 2.24) is 9.88 Å². The SMILES string of the molecule is CC(=O)O.N[C@@H](CO)C(=O)N1CCc2oc(Cc3ccccc3)nc2C1. The summed E-state index contributed by atoms with van der Waals surface area (Å²) in [6, 6.07) is 9.12. The molecule has 1 aliphatic rings. The van der Waals surface area contributed by atoms with Crippen molar-refractivity contribution in [2.45, 2.75) is 32.4 Å². The molecule has 0 fully saturated rings. The second kappa shape index (κ2) is 9.12. The van der Waals surface area contributed by atoms with Crippen molar-refractivity contribution >= 4 is 11.9 Å². The van der Waals surface area contributed by atoms with Gasteiger partial charge in [-0.2, -0.15) is 0 Å². The highest BCUT2D eigenvalue weighted by Crippen LogP contribution is 2.21. The van der Waals surface area contributed by atoms with Crippen LogP contribution in [0, 0.1) is 0 Å². The number of nitrogens with two attached hydrogens (primary N) is 1. The molecule has 1 aromatic heterocycles. The molecule has 2 aromatic rings. The standard InChI is InChI=1S/C16H19N3O3.C2H4O2/c17-12(10-20)16(21)19-7-6-14-13(9-19)18-15(22-14)8-11-4-2-1-3-5-11;1-2(3)4/h1-5,12,20H,6-10,17H2;1H3,(H,3,4)/t12-;/m0./s1. The van der Waals surface area contributed by atoms with Gasteiger partial charge < -0.3 is 25.3 Å². The van der Waals surface area contributed by atoms with Crippen LogP contribution in [0.2, 0.25) is 0 Å². The summed E-state index contributed by atoms with van der Waals surface area (Å²) in [5.41, 5.74) is 7.51. The normalized spacial score (nSPS) is 14.0. The lowest BCUT2D eigenvalue weighted by molar-refractivity contribution is -0.135. The first kappa shape index (κ1) is 19.6. The largest absolute Gasteiger partial charge is 0.481 e. The Hall–Kier alpha value is -2.71. The van der Waals surface area contributed by atoms with Gasteiger partial charge in [-0.3, -0.25) is 9.59 Å². The first-order valence-electron chi connectivity index (χ1n) is 8.26. The minimum atomic E-state index is -0.864. The summed E-state index contributed by atoms with van der Waals surface area (Å²) in [4.78, 5) is 27.1. The van der Waals surface area contributed by atoms with Crippen LogP contribution in [0.25, 0.3) is 0 Å². The molecule has 8 nitrogen and oxygen atoms in total. The Morgan fingerprint density at radius 1 is 1.35 bits per heavy atom. The predicted molar refractivity (Wildman–Crippen MR) is 93.2 cm³/mol. The molecule has 4 N–H and O–H groups in total. The highest BCUT2D eigenvalue weighted by atomic mass is 16.4. The zero-order chi connectivity index (χ0) is 19.1. The molecule has 0 bridgehead atoms. The number of fused-ring (bicyclic) bond motifs is 1. The van der Waals surface area contributed by atoms with E-state index in [2.05, 4.69) is 4.98 Å². The lowest BCUT2D eigenvalue weighted by Gasteiger charge is -2.27. The van der Waals surface area contributed by atoms with Crippen molar-refractivity contribution in [3.8, 4) is 0 Å². The number of benzene rings is 1. The van der Waals surface area contributed by atoms with Crippen molar-refractivity contribution in [3.63, 3.8) is 0 Å². The number of nitrogens with zero attached hydrogens (tertiary/aromatic N) is 2. The monoisotopic (exact) mass is 361 g/mol. The molecule has 1 aliphatic heterocycles. The fourth-order valence-corrected chi connectivity index (χ4v) is 2.60. The van der Waals surface area contributed by atoms with Gasteiger partial charge in [-0.15, -0.1) is 0 Å². The van der Waals surface area contributed by atoms with Gasteiger partial charge in [0.1, 0.15) is 17.5 Å². The smallest absolute Gasteiger partial charge is 0.300 e. The number of aromatic nitrogens is 1. The number of aliphatic hydroxyl groups is 1. The first-order chi connectivity index (χ1) is 12.4. The van der Waals surface area contributed by atoms with Crippen LogP contribution >= 0.6 is 0 Å². The van der Waals surface area contributed by atoms with Gasteiger partial charge in [0, 0.05) is 26.3 Å². The van der Waals surface area contributed by atoms with Crippen molar-refractivity contribution in [1.29, 1.82) is 0 Å². The average molecular weight is 361 g/mol. The van der Waals surface area contributed by atoms with Crippen molar-refractivity contribution in [2.75, 3.05) is 13.2 Å². The molecule has 140 valence electrons. The molecule has 1 aromatic carbocycles. The molecule has 0 spiro atoms. The Balaban J connectivity index is 0.000000552. The van der Waals surface area contributed by atoms with E-state index in [0.717, 1.165) is 23.9 Å². The summed E-state index contributed by atoms with van der Waals surface area (Å²) < 4.78 is 5.80. The highest BCUT2D eigenvalue weighted by Gasteiger charge is 2.28. The minimum Gasteiger partial charge on any atom is -0.481 e. The first-order valence-corrected chi connectivity index (χ1v) is 8.26. The Bertz CT molecular complexity index is 741. The fraction of sp³-hybridized carbons (Fsp3) is 0.389. The molecule has 2 heterocycles. The zero-order valence-corrected chi connectivity index (χ0v) is 14.6. The van der Waals surface area contributed by atoms with Crippen LogP contribution in [0.4, 0.5) is 0 Å². The summed E-state index contributed by atoms with van der Waals surface area (Å²) in [6.45, 7) is 1.67.